The average molecular weight is 298 g/mol. The predicted molar refractivity (Wildman–Crippen MR) is 74.4 cm³/mol. The van der Waals surface area contributed by atoms with Crippen LogP contribution in [0, 0.1) is 5.82 Å². The van der Waals surface area contributed by atoms with Gasteiger partial charge in [0.1, 0.15) is 5.82 Å². The Morgan fingerprint density at radius 1 is 1.43 bits per heavy atom. The number of carboxylic acids is 1. The summed E-state index contributed by atoms with van der Waals surface area (Å²) in [5.74, 6) is -1.56. The number of carbonyl (C=O) groups is 2. The number of hydrogen-bond donors (Lipinski definition) is 2. The van der Waals surface area contributed by atoms with Crippen LogP contribution in [-0.2, 0) is 9.53 Å². The molecular weight excluding hydrogens is 279 g/mol. The van der Waals surface area contributed by atoms with Crippen LogP contribution >= 0.6 is 0 Å². The normalized spacial score (nSPS) is 13.3. The number of nitrogens with zero attached hydrogens (tertiary/aromatic N) is 1. The Morgan fingerprint density at radius 2 is 2.05 bits per heavy atom. The monoisotopic (exact) mass is 298 g/mol. The van der Waals surface area contributed by atoms with Crippen LogP contribution in [-0.4, -0.2) is 48.8 Å². The molecule has 21 heavy (non-hydrogen) atoms. The largest absolute Gasteiger partial charge is 0.479 e. The number of benzene rings is 1. The molecule has 0 aliphatic rings. The molecular formula is C14H19FN2O4. The van der Waals surface area contributed by atoms with Gasteiger partial charge in [0.05, 0.1) is 12.6 Å². The minimum absolute atomic E-state index is 0.168. The van der Waals surface area contributed by atoms with Crippen molar-refractivity contribution in [1.82, 2.24) is 10.2 Å². The third kappa shape index (κ3) is 4.42. The number of methoxy groups -OCH3 is 1. The summed E-state index contributed by atoms with van der Waals surface area (Å²) < 4.78 is 18.4. The van der Waals surface area contributed by atoms with E-state index in [1.807, 2.05) is 0 Å². The molecule has 0 aliphatic carbocycles. The maximum Gasteiger partial charge on any atom is 0.334 e. The fourth-order valence-electron chi connectivity index (χ4n) is 1.77. The minimum Gasteiger partial charge on any atom is -0.479 e. The number of carbonyl (C=O) groups excluding carboxylic acids is 1. The summed E-state index contributed by atoms with van der Waals surface area (Å²) in [6, 6.07) is 5.18. The number of aliphatic carboxylic acids is 1. The van der Waals surface area contributed by atoms with E-state index in [1.165, 1.54) is 25.1 Å². The highest BCUT2D eigenvalue weighted by atomic mass is 19.1. The molecule has 7 heteroatoms. The number of halogens is 1. The molecule has 0 saturated heterocycles. The second-order valence-electron chi connectivity index (χ2n) is 4.56. The van der Waals surface area contributed by atoms with Gasteiger partial charge < -0.3 is 20.1 Å². The van der Waals surface area contributed by atoms with Crippen LogP contribution in [0.25, 0.3) is 0 Å². The highest BCUT2D eigenvalue weighted by Crippen LogP contribution is 2.21. The van der Waals surface area contributed by atoms with Crippen molar-refractivity contribution in [3.05, 3.63) is 35.6 Å². The molecule has 0 heterocycles. The Morgan fingerprint density at radius 3 is 2.57 bits per heavy atom. The van der Waals surface area contributed by atoms with E-state index >= 15 is 0 Å². The van der Waals surface area contributed by atoms with Gasteiger partial charge in [0.25, 0.3) is 0 Å². The molecule has 6 nitrogen and oxygen atoms in total. The van der Waals surface area contributed by atoms with Crippen LogP contribution in [0.2, 0.25) is 0 Å². The van der Waals surface area contributed by atoms with Crippen molar-refractivity contribution < 1.29 is 23.8 Å². The van der Waals surface area contributed by atoms with Crippen LogP contribution in [0.5, 0.6) is 0 Å². The van der Waals surface area contributed by atoms with Gasteiger partial charge in [-0.2, -0.15) is 0 Å². The molecule has 2 amide bonds. The summed E-state index contributed by atoms with van der Waals surface area (Å²) in [5, 5.41) is 11.3. The van der Waals surface area contributed by atoms with Crippen molar-refractivity contribution in [2.24, 2.45) is 0 Å². The fourth-order valence-corrected chi connectivity index (χ4v) is 1.77. The molecule has 1 rings (SSSR count). The van der Waals surface area contributed by atoms with Crippen LogP contribution in [0.4, 0.5) is 9.18 Å². The number of amides is 2. The van der Waals surface area contributed by atoms with E-state index in [0.717, 1.165) is 0 Å². The maximum absolute atomic E-state index is 13.7. The molecule has 0 aliphatic heterocycles. The molecule has 2 N–H and O–H groups in total. The minimum atomic E-state index is -1.16. The highest BCUT2D eigenvalue weighted by molar-refractivity contribution is 5.77. The van der Waals surface area contributed by atoms with E-state index in [4.69, 9.17) is 9.84 Å². The molecule has 0 spiro atoms. The molecule has 0 saturated carbocycles. The third-order valence-electron chi connectivity index (χ3n) is 3.26. The summed E-state index contributed by atoms with van der Waals surface area (Å²) in [5.41, 5.74) is 0.386. The summed E-state index contributed by atoms with van der Waals surface area (Å²) in [7, 11) is 2.76. The number of rotatable bonds is 6. The van der Waals surface area contributed by atoms with E-state index in [2.05, 4.69) is 5.32 Å². The predicted octanol–water partition coefficient (Wildman–Crippen LogP) is 1.63. The summed E-state index contributed by atoms with van der Waals surface area (Å²) in [4.78, 5) is 24.0. The molecule has 2 atom stereocenters. The SMILES string of the molecule is COC(CNC(=O)N(C)C(C)c1ccccc1F)C(=O)O. The zero-order valence-electron chi connectivity index (χ0n) is 12.2. The smallest absolute Gasteiger partial charge is 0.334 e. The summed E-state index contributed by atoms with van der Waals surface area (Å²) in [6.07, 6.45) is -1.12. The van der Waals surface area contributed by atoms with Gasteiger partial charge in [-0.1, -0.05) is 18.2 Å². The number of carboxylic acid groups (broad SMARTS) is 1. The fraction of sp³-hybridized carbons (Fsp3) is 0.429. The van der Waals surface area contributed by atoms with Crippen molar-refractivity contribution in [2.45, 2.75) is 19.1 Å². The van der Waals surface area contributed by atoms with Gasteiger partial charge in [-0.25, -0.2) is 14.0 Å². The van der Waals surface area contributed by atoms with Crippen LogP contribution < -0.4 is 5.32 Å². The van der Waals surface area contributed by atoms with Crippen molar-refractivity contribution in [2.75, 3.05) is 20.7 Å². The first-order chi connectivity index (χ1) is 9.88. The Kier molecular flexibility index (Phi) is 6.10. The van der Waals surface area contributed by atoms with Crippen LogP contribution in [0.15, 0.2) is 24.3 Å². The lowest BCUT2D eigenvalue weighted by Gasteiger charge is -2.26. The molecule has 1 aromatic rings. The zero-order valence-corrected chi connectivity index (χ0v) is 12.2. The Bertz CT molecular complexity index is 510. The van der Waals surface area contributed by atoms with Gasteiger partial charge >= 0.3 is 12.0 Å². The van der Waals surface area contributed by atoms with E-state index < -0.39 is 30.0 Å². The molecule has 2 unspecified atom stereocenters. The molecule has 0 bridgehead atoms. The van der Waals surface area contributed by atoms with Crippen molar-refractivity contribution in [1.29, 1.82) is 0 Å². The van der Waals surface area contributed by atoms with E-state index in [9.17, 15) is 14.0 Å². The van der Waals surface area contributed by atoms with Crippen molar-refractivity contribution in [3.63, 3.8) is 0 Å². The molecule has 0 aromatic heterocycles. The van der Waals surface area contributed by atoms with E-state index in [0.29, 0.717) is 5.56 Å². The van der Waals surface area contributed by atoms with Gasteiger partial charge in [-0.15, -0.1) is 0 Å². The quantitative estimate of drug-likeness (QED) is 0.836. The Balaban J connectivity index is 2.66. The molecule has 1 aromatic carbocycles. The van der Waals surface area contributed by atoms with Crippen LogP contribution in [0.1, 0.15) is 18.5 Å². The first-order valence-corrected chi connectivity index (χ1v) is 6.39. The summed E-state index contributed by atoms with van der Waals surface area (Å²) in [6.45, 7) is 1.52. The van der Waals surface area contributed by atoms with Gasteiger partial charge in [-0.3, -0.25) is 0 Å². The lowest BCUT2D eigenvalue weighted by Crippen LogP contribution is -2.44. The Labute approximate surface area is 122 Å². The van der Waals surface area contributed by atoms with Gasteiger partial charge in [0.2, 0.25) is 0 Å². The molecule has 116 valence electrons. The van der Waals surface area contributed by atoms with Crippen LogP contribution in [0.3, 0.4) is 0 Å². The lowest BCUT2D eigenvalue weighted by atomic mass is 10.1. The number of hydrogen-bond acceptors (Lipinski definition) is 3. The first-order valence-electron chi connectivity index (χ1n) is 6.39. The lowest BCUT2D eigenvalue weighted by molar-refractivity contribution is -0.148. The molecule has 0 radical (unpaired) electrons. The second kappa shape index (κ2) is 7.58. The van der Waals surface area contributed by atoms with Gasteiger partial charge in [0.15, 0.2) is 6.10 Å². The summed E-state index contributed by atoms with van der Waals surface area (Å²) >= 11 is 0. The van der Waals surface area contributed by atoms with Crippen molar-refractivity contribution >= 4 is 12.0 Å². The molecule has 0 fully saturated rings. The maximum atomic E-state index is 13.7. The van der Waals surface area contributed by atoms with E-state index in [1.54, 1.807) is 25.1 Å². The van der Waals surface area contributed by atoms with Crippen molar-refractivity contribution in [3.8, 4) is 0 Å². The standard InChI is InChI=1S/C14H19FN2O4/c1-9(10-6-4-5-7-11(10)15)17(2)14(20)16-8-12(21-3)13(18)19/h4-7,9,12H,8H2,1-3H3,(H,16,20)(H,18,19). The first kappa shape index (κ1) is 16.9. The van der Waals surface area contributed by atoms with E-state index in [-0.39, 0.29) is 6.54 Å². The Hall–Kier alpha value is -2.15. The number of ether oxygens (including phenoxy) is 1. The second-order valence-corrected chi connectivity index (χ2v) is 4.56. The zero-order chi connectivity index (χ0) is 16.0. The third-order valence-corrected chi connectivity index (χ3v) is 3.26. The topological polar surface area (TPSA) is 78.9 Å². The van der Waals surface area contributed by atoms with Gasteiger partial charge in [0, 0.05) is 19.7 Å². The average Bonchev–Trinajstić information content (AvgIpc) is 2.46. The highest BCUT2D eigenvalue weighted by Gasteiger charge is 2.22. The number of urea groups is 1. The van der Waals surface area contributed by atoms with Gasteiger partial charge in [-0.05, 0) is 13.0 Å². The number of nitrogens with one attached hydrogen (secondary N) is 1.